The third kappa shape index (κ3) is 21.6. The Bertz CT molecular complexity index is 4910. The Morgan fingerprint density at radius 2 is 0.658 bits per heavy atom. The van der Waals surface area contributed by atoms with Crippen molar-refractivity contribution in [2.24, 2.45) is 5.73 Å². The van der Waals surface area contributed by atoms with Gasteiger partial charge in [0, 0.05) is 47.7 Å². The van der Waals surface area contributed by atoms with Crippen molar-refractivity contribution in [2.45, 2.75) is 129 Å². The number of fused-ring (bicyclic) bond motifs is 4. The van der Waals surface area contributed by atoms with Crippen LogP contribution in [0.4, 0.5) is 23.3 Å². The molecule has 114 heavy (non-hydrogen) atoms. The smallest absolute Gasteiger partial charge is 0.870 e. The second-order valence-corrected chi connectivity index (χ2v) is 31.3. The van der Waals surface area contributed by atoms with Crippen LogP contribution >= 0.6 is 45.3 Å². The molecule has 8 aromatic heterocycles. The van der Waals surface area contributed by atoms with Crippen LogP contribution in [-0.4, -0.2) is 166 Å². The van der Waals surface area contributed by atoms with Crippen LogP contribution in [0, 0.1) is 27.7 Å². The Hall–Kier alpha value is -11.6. The van der Waals surface area contributed by atoms with Crippen LogP contribution in [-0.2, 0) is 75.3 Å². The molecule has 586 valence electrons. The topological polar surface area (TPSA) is 449 Å². The summed E-state index contributed by atoms with van der Waals surface area (Å²) in [4.78, 5) is 126. The Morgan fingerprint density at radius 3 is 0.930 bits per heavy atom. The molecule has 4 atom stereocenters. The maximum Gasteiger partial charge on any atom is 1.00 e. The quantitative estimate of drug-likeness (QED) is 0.0772. The number of amides is 7. The van der Waals surface area contributed by atoms with Crippen molar-refractivity contribution in [1.29, 1.82) is 0 Å². The molecule has 0 spiro atoms. The number of carbonyl (C=O) groups excluding carboxylic acids is 8. The first kappa shape index (κ1) is 84.9. The molecule has 0 saturated heterocycles. The van der Waals surface area contributed by atoms with E-state index in [1.54, 1.807) is 84.7 Å². The zero-order chi connectivity index (χ0) is 79.1. The maximum absolute atomic E-state index is 12.7. The van der Waals surface area contributed by atoms with Gasteiger partial charge in [-0.1, -0.05) is 121 Å². The van der Waals surface area contributed by atoms with Gasteiger partial charge in [0.1, 0.15) is 47.3 Å². The second kappa shape index (κ2) is 39.3. The first-order valence-corrected chi connectivity index (χ1v) is 38.7. The Labute approximate surface area is 681 Å². The van der Waals surface area contributed by atoms with Gasteiger partial charge >= 0.3 is 54.3 Å². The zero-order valence-corrected chi connectivity index (χ0v) is 66.8. The van der Waals surface area contributed by atoms with Crippen LogP contribution in [0.2, 0.25) is 0 Å². The Morgan fingerprint density at radius 1 is 0.404 bits per heavy atom. The van der Waals surface area contributed by atoms with Crippen LogP contribution in [0.1, 0.15) is 149 Å². The summed E-state index contributed by atoms with van der Waals surface area (Å²) in [5.74, 6) is 1.46. The van der Waals surface area contributed by atoms with Crippen LogP contribution in [0.15, 0.2) is 139 Å². The Kier molecular flexibility index (Phi) is 29.2. The van der Waals surface area contributed by atoms with Crippen molar-refractivity contribution in [3.63, 3.8) is 0 Å². The van der Waals surface area contributed by atoms with Gasteiger partial charge in [0.05, 0.1) is 51.8 Å². The van der Waals surface area contributed by atoms with E-state index in [-0.39, 0.29) is 77.6 Å². The maximum atomic E-state index is 12.7. The van der Waals surface area contributed by atoms with Gasteiger partial charge < -0.3 is 49.6 Å². The summed E-state index contributed by atoms with van der Waals surface area (Å²) < 4.78 is 21.4. The molecular formula is C76H78LiN20O13S4-. The fourth-order valence-corrected chi connectivity index (χ4v) is 16.2. The van der Waals surface area contributed by atoms with Gasteiger partial charge in [0.2, 0.25) is 29.5 Å². The summed E-state index contributed by atoms with van der Waals surface area (Å²) in [6.07, 6.45) is 8.48. The fraction of sp³-hybridized carbons (Fsp3) is 0.316. The molecule has 0 saturated carbocycles. The first-order valence-electron chi connectivity index (χ1n) is 35.5. The number of nitrogens with two attached hydrogens (primary N) is 1. The van der Waals surface area contributed by atoms with E-state index >= 15 is 0 Å². The van der Waals surface area contributed by atoms with Crippen molar-refractivity contribution in [2.75, 3.05) is 47.8 Å². The number of carbonyl (C=O) groups is 7. The fourth-order valence-electron chi connectivity index (χ4n) is 12.3. The van der Waals surface area contributed by atoms with E-state index in [9.17, 15) is 38.4 Å². The molecule has 1 unspecified atom stereocenters. The van der Waals surface area contributed by atoms with Gasteiger partial charge in [-0.3, -0.25) is 53.2 Å². The third-order valence-corrected chi connectivity index (χ3v) is 21.9. The zero-order valence-electron chi connectivity index (χ0n) is 63.6. The second-order valence-electron chi connectivity index (χ2n) is 26.1. The minimum absolute atomic E-state index is 0. The number of hydrogen-bond acceptors (Lipinski definition) is 30. The molecule has 12 aromatic rings. The van der Waals surface area contributed by atoms with E-state index in [1.807, 2.05) is 149 Å². The monoisotopic (exact) mass is 1610 g/mol. The minimum atomic E-state index is -0.663. The number of thiazole rings is 4. The van der Waals surface area contributed by atoms with Crippen molar-refractivity contribution >= 4 is 116 Å². The molecule has 7 amide bonds. The molecule has 0 fully saturated rings. The van der Waals surface area contributed by atoms with E-state index in [0.717, 1.165) is 75.6 Å². The molecule has 0 bridgehead atoms. The first-order chi connectivity index (χ1) is 54.0. The summed E-state index contributed by atoms with van der Waals surface area (Å²) in [7, 11) is 6.77. The van der Waals surface area contributed by atoms with E-state index in [4.69, 9.17) is 23.4 Å². The summed E-state index contributed by atoms with van der Waals surface area (Å²) >= 11 is 6.37. The van der Waals surface area contributed by atoms with Gasteiger partial charge in [0.25, 0.3) is 17.7 Å². The molecular weight excluding hydrogens is 1540 g/mol. The molecule has 12 heterocycles. The largest absolute Gasteiger partial charge is 1.00 e. The van der Waals surface area contributed by atoms with Crippen LogP contribution in [0.5, 0.6) is 0 Å². The number of nitrogens with zero attached hydrogens (tertiary/aromatic N) is 16. The summed E-state index contributed by atoms with van der Waals surface area (Å²) in [6.45, 7) is 7.70. The Balaban J connectivity index is 0.000000154. The predicted molar refractivity (Wildman–Crippen MR) is 417 cm³/mol. The number of hydrogen-bond donors (Lipinski definition) is 4. The molecule has 0 aliphatic carbocycles. The SMILES string of the molecule is Cc1nc2c(s1)CCC(NC(=O)c1nnc(Cc3ccccc3)o1)C(=O)N2C.Cc1nc2c(s1)CC[C@@H](NC(=O)c1nnc(Cc3ccccc3)o1)C(=O)N2C.Cc1nc2c(s1)CC[C@H](N)C(=O)N2C.Cc1nc2c(s1)CC[C@H](NC(=O)c1nnc(Cc3ccccc3)o1)C(=O)N2C.O=[C-]c1nnc(Cc2ccccc2)o1.[Li+].[OH-]. The molecule has 38 heteroatoms. The van der Waals surface area contributed by atoms with E-state index in [0.29, 0.717) is 105 Å². The van der Waals surface area contributed by atoms with Gasteiger partial charge in [-0.15, -0.1) is 86.1 Å². The average Bonchev–Trinajstić information content (AvgIpc) is 1.67. The summed E-state index contributed by atoms with van der Waals surface area (Å²) in [5, 5.41) is 42.4. The summed E-state index contributed by atoms with van der Waals surface area (Å²) in [6, 6.07) is 36.3. The van der Waals surface area contributed by atoms with Crippen molar-refractivity contribution < 1.29 is 80.4 Å². The number of rotatable bonds is 15. The normalized spacial score (nSPS) is 16.1. The summed E-state index contributed by atoms with van der Waals surface area (Å²) in [5.41, 5.74) is 9.82. The molecule has 33 nitrogen and oxygen atoms in total. The average molecular weight is 1610 g/mol. The van der Waals surface area contributed by atoms with E-state index in [2.05, 4.69) is 76.7 Å². The molecule has 0 radical (unpaired) electrons. The van der Waals surface area contributed by atoms with Gasteiger partial charge in [-0.2, -0.15) is 6.29 Å². The molecule has 16 rings (SSSR count). The van der Waals surface area contributed by atoms with Gasteiger partial charge in [0.15, 0.2) is 0 Å². The molecule has 4 aliphatic heterocycles. The van der Waals surface area contributed by atoms with Gasteiger partial charge in [-0.25, -0.2) is 19.9 Å². The third-order valence-electron chi connectivity index (χ3n) is 17.8. The number of nitrogens with one attached hydrogen (secondary N) is 3. The number of benzene rings is 4. The van der Waals surface area contributed by atoms with Crippen molar-refractivity contribution in [1.82, 2.24) is 76.7 Å². The van der Waals surface area contributed by atoms with Crippen LogP contribution in [0.3, 0.4) is 0 Å². The van der Waals surface area contributed by atoms with E-state index < -0.39 is 35.8 Å². The number of aryl methyl sites for hydroxylation is 8. The van der Waals surface area contributed by atoms with Crippen molar-refractivity contribution in [3.8, 4) is 0 Å². The van der Waals surface area contributed by atoms with Crippen LogP contribution < -0.4 is 60.1 Å². The molecule has 6 N–H and O–H groups in total. The van der Waals surface area contributed by atoms with Crippen molar-refractivity contribution in [3.05, 3.63) is 230 Å². The number of likely N-dealkylation sites (N-methyl/N-ethyl adjacent to an activating group) is 4. The number of anilines is 4. The van der Waals surface area contributed by atoms with E-state index in [1.165, 1.54) is 19.6 Å². The molecule has 4 aliphatic rings. The standard InChI is InChI=1S/3C19H19N5O3S.C10H7N2O2.C9H13N3OS.Li.H2O/c3*1-11-20-16-14(28-11)9-8-13(19(26)24(16)2)21-17(25)18-23-22-15(27-18)10-12-6-4-3-5-7-12;13-7-10-12-11-9(14-10)6-8-4-2-1-3-5-8;1-5-11-8-7(14-5)4-3-6(10)9(13)12(8)2;;/h3*3-7,13H,8-10H2,1-2H3,(H,21,25);1-5H,6H2;6H,3-4,10H2,1-2H3;;1H2/q;;;-1;;+1;/p-1/t2*13-;;;6-;;/m10..0../s1. The molecule has 4 aromatic carbocycles. The van der Waals surface area contributed by atoms with Crippen LogP contribution in [0.25, 0.3) is 0 Å². The predicted octanol–water partition coefficient (Wildman–Crippen LogP) is 5.03. The minimum Gasteiger partial charge on any atom is -0.870 e. The number of aromatic nitrogens is 12. The van der Waals surface area contributed by atoms with Gasteiger partial charge in [-0.05, 0) is 101 Å².